The monoisotopic (exact) mass is 383 g/mol. The molecule has 24 heavy (non-hydrogen) atoms. The van der Waals surface area contributed by atoms with Crippen molar-refractivity contribution in [3.05, 3.63) is 69.7 Å². The van der Waals surface area contributed by atoms with Crippen molar-refractivity contribution in [2.24, 2.45) is 0 Å². The van der Waals surface area contributed by atoms with Crippen LogP contribution in [0.15, 0.2) is 53.0 Å². The van der Waals surface area contributed by atoms with Gasteiger partial charge in [-0.15, -0.1) is 0 Å². The molecule has 4 rings (SSSR count). The van der Waals surface area contributed by atoms with Crippen LogP contribution in [0, 0.1) is 0 Å². The summed E-state index contributed by atoms with van der Waals surface area (Å²) >= 11 is 3.61. The van der Waals surface area contributed by atoms with Crippen LogP contribution in [0.1, 0.15) is 36.0 Å². The summed E-state index contributed by atoms with van der Waals surface area (Å²) in [6.07, 6.45) is 6.18. The molecule has 0 aromatic heterocycles. The number of hydrogen-bond donors (Lipinski definition) is 0. The Morgan fingerprint density at radius 1 is 1.04 bits per heavy atom. The van der Waals surface area contributed by atoms with E-state index < -0.39 is 0 Å². The predicted molar refractivity (Wildman–Crippen MR) is 102 cm³/mol. The highest BCUT2D eigenvalue weighted by Crippen LogP contribution is 2.38. The third kappa shape index (κ3) is 3.28. The molecule has 2 nitrogen and oxygen atoms in total. The van der Waals surface area contributed by atoms with Gasteiger partial charge in [-0.1, -0.05) is 46.3 Å². The second-order valence-corrected chi connectivity index (χ2v) is 7.46. The van der Waals surface area contributed by atoms with Crippen LogP contribution < -0.4 is 4.74 Å². The first kappa shape index (κ1) is 15.9. The topological polar surface area (TPSA) is 12.5 Å². The Labute approximate surface area is 152 Å². The Hall–Kier alpha value is -1.58. The fraction of sp³-hybridized carbons (Fsp3) is 0.333. The molecule has 0 spiro atoms. The van der Waals surface area contributed by atoms with Crippen LogP contribution in [0.5, 0.6) is 5.75 Å². The minimum absolute atomic E-state index is 0.633. The zero-order valence-electron chi connectivity index (χ0n) is 13.8. The van der Waals surface area contributed by atoms with E-state index in [9.17, 15) is 0 Å². The predicted octanol–water partition coefficient (Wildman–Crippen LogP) is 5.26. The molecule has 1 saturated heterocycles. The lowest BCUT2D eigenvalue weighted by Gasteiger charge is -2.14. The summed E-state index contributed by atoms with van der Waals surface area (Å²) in [5.41, 5.74) is 5.06. The van der Waals surface area contributed by atoms with Crippen molar-refractivity contribution in [3.63, 3.8) is 0 Å². The number of hydrogen-bond acceptors (Lipinski definition) is 2. The lowest BCUT2D eigenvalue weighted by molar-refractivity contribution is 0.307. The Morgan fingerprint density at radius 3 is 2.75 bits per heavy atom. The standard InChI is InChI=1S/C21H22BrNO/c22-17-9-10-21-20(14-17)19(8-5-13-23-11-3-4-12-23)18-7-2-1-6-16(18)15-24-21/h1-2,6-10,14H,3-5,11-13,15H2/b19-8+. The average Bonchev–Trinajstić information content (AvgIpc) is 3.06. The van der Waals surface area contributed by atoms with Gasteiger partial charge in [0.15, 0.2) is 0 Å². The van der Waals surface area contributed by atoms with Crippen LogP contribution in [0.2, 0.25) is 0 Å². The number of likely N-dealkylation sites (tertiary alicyclic amines) is 1. The van der Waals surface area contributed by atoms with E-state index in [2.05, 4.69) is 69.4 Å². The molecule has 0 N–H and O–H groups in total. The van der Waals surface area contributed by atoms with E-state index in [0.717, 1.165) is 23.2 Å². The first-order chi connectivity index (χ1) is 11.8. The second-order valence-electron chi connectivity index (χ2n) is 6.54. The quantitative estimate of drug-likeness (QED) is 0.716. The maximum absolute atomic E-state index is 6.07. The van der Waals surface area contributed by atoms with Gasteiger partial charge in [-0.05, 0) is 67.3 Å². The van der Waals surface area contributed by atoms with Crippen molar-refractivity contribution in [3.8, 4) is 5.75 Å². The van der Waals surface area contributed by atoms with Crippen molar-refractivity contribution in [1.29, 1.82) is 0 Å². The van der Waals surface area contributed by atoms with Gasteiger partial charge in [-0.3, -0.25) is 0 Å². The minimum Gasteiger partial charge on any atom is -0.488 e. The van der Waals surface area contributed by atoms with Crippen molar-refractivity contribution in [2.75, 3.05) is 19.6 Å². The van der Waals surface area contributed by atoms with E-state index in [4.69, 9.17) is 4.74 Å². The number of fused-ring (bicyclic) bond motifs is 2. The maximum Gasteiger partial charge on any atom is 0.127 e. The highest BCUT2D eigenvalue weighted by molar-refractivity contribution is 9.10. The van der Waals surface area contributed by atoms with Crippen molar-refractivity contribution < 1.29 is 4.74 Å². The molecule has 0 radical (unpaired) electrons. The molecule has 2 aliphatic rings. The molecule has 3 heteroatoms. The Kier molecular flexibility index (Phi) is 4.72. The van der Waals surface area contributed by atoms with E-state index in [-0.39, 0.29) is 0 Å². The van der Waals surface area contributed by atoms with E-state index >= 15 is 0 Å². The molecule has 0 atom stereocenters. The molecule has 0 unspecified atom stereocenters. The van der Waals surface area contributed by atoms with Crippen LogP contribution in [0.25, 0.3) is 5.57 Å². The molecule has 0 amide bonds. The number of benzene rings is 2. The summed E-state index contributed by atoms with van der Waals surface area (Å²) < 4.78 is 7.16. The summed E-state index contributed by atoms with van der Waals surface area (Å²) in [5, 5.41) is 0. The van der Waals surface area contributed by atoms with Crippen molar-refractivity contribution in [1.82, 2.24) is 4.90 Å². The molecule has 2 heterocycles. The molecular formula is C21H22BrNO. The SMILES string of the molecule is Brc1ccc2c(c1)/C(=C/CCN1CCCC1)c1ccccc1CO2. The summed E-state index contributed by atoms with van der Waals surface area (Å²) in [4.78, 5) is 2.57. The Morgan fingerprint density at radius 2 is 1.88 bits per heavy atom. The lowest BCUT2D eigenvalue weighted by atomic mass is 9.93. The van der Waals surface area contributed by atoms with E-state index in [1.807, 2.05) is 0 Å². The number of halogens is 1. The fourth-order valence-corrected chi connectivity index (χ4v) is 4.03. The van der Waals surface area contributed by atoms with Crippen LogP contribution in [0.3, 0.4) is 0 Å². The molecule has 2 aromatic carbocycles. The van der Waals surface area contributed by atoms with Gasteiger partial charge in [0, 0.05) is 16.6 Å². The first-order valence-corrected chi connectivity index (χ1v) is 9.54. The smallest absolute Gasteiger partial charge is 0.127 e. The van der Waals surface area contributed by atoms with Gasteiger partial charge in [0.1, 0.15) is 12.4 Å². The van der Waals surface area contributed by atoms with Gasteiger partial charge in [-0.2, -0.15) is 0 Å². The van der Waals surface area contributed by atoms with Crippen LogP contribution in [-0.2, 0) is 6.61 Å². The molecule has 1 fully saturated rings. The normalized spacial score (nSPS) is 18.8. The minimum atomic E-state index is 0.633. The third-order valence-corrected chi connectivity index (χ3v) is 5.41. The third-order valence-electron chi connectivity index (χ3n) is 4.91. The van der Waals surface area contributed by atoms with Gasteiger partial charge in [0.05, 0.1) is 0 Å². The van der Waals surface area contributed by atoms with E-state index in [0.29, 0.717) is 6.61 Å². The molecule has 0 aliphatic carbocycles. The second kappa shape index (κ2) is 7.12. The molecule has 0 bridgehead atoms. The fourth-order valence-electron chi connectivity index (χ4n) is 3.67. The number of nitrogens with zero attached hydrogens (tertiary/aromatic N) is 1. The zero-order valence-corrected chi connectivity index (χ0v) is 15.4. The van der Waals surface area contributed by atoms with Gasteiger partial charge >= 0.3 is 0 Å². The highest BCUT2D eigenvalue weighted by atomic mass is 79.9. The van der Waals surface area contributed by atoms with Crippen LogP contribution in [-0.4, -0.2) is 24.5 Å². The Balaban J connectivity index is 1.71. The summed E-state index contributed by atoms with van der Waals surface area (Å²) in [7, 11) is 0. The number of rotatable bonds is 3. The van der Waals surface area contributed by atoms with Gasteiger partial charge in [-0.25, -0.2) is 0 Å². The zero-order chi connectivity index (χ0) is 16.4. The number of ether oxygens (including phenoxy) is 1. The molecule has 124 valence electrons. The summed E-state index contributed by atoms with van der Waals surface area (Å²) in [5.74, 6) is 0.974. The average molecular weight is 384 g/mol. The van der Waals surface area contributed by atoms with Crippen molar-refractivity contribution in [2.45, 2.75) is 25.9 Å². The largest absolute Gasteiger partial charge is 0.488 e. The van der Waals surface area contributed by atoms with Gasteiger partial charge in [0.2, 0.25) is 0 Å². The molecular weight excluding hydrogens is 362 g/mol. The van der Waals surface area contributed by atoms with Gasteiger partial charge < -0.3 is 9.64 Å². The van der Waals surface area contributed by atoms with Crippen LogP contribution >= 0.6 is 15.9 Å². The van der Waals surface area contributed by atoms with Crippen LogP contribution in [0.4, 0.5) is 0 Å². The van der Waals surface area contributed by atoms with Gasteiger partial charge in [0.25, 0.3) is 0 Å². The molecule has 2 aromatic rings. The molecule has 2 aliphatic heterocycles. The van der Waals surface area contributed by atoms with E-state index in [1.54, 1.807) is 0 Å². The van der Waals surface area contributed by atoms with E-state index in [1.165, 1.54) is 48.2 Å². The maximum atomic E-state index is 6.07. The highest BCUT2D eigenvalue weighted by Gasteiger charge is 2.19. The van der Waals surface area contributed by atoms with Crippen molar-refractivity contribution >= 4 is 21.5 Å². The lowest BCUT2D eigenvalue weighted by Crippen LogP contribution is -2.19. The molecule has 0 saturated carbocycles. The Bertz CT molecular complexity index is 762. The summed E-state index contributed by atoms with van der Waals surface area (Å²) in [6, 6.07) is 14.9. The first-order valence-electron chi connectivity index (χ1n) is 8.75. The summed E-state index contributed by atoms with van der Waals surface area (Å²) in [6.45, 7) is 4.29.